The lowest BCUT2D eigenvalue weighted by molar-refractivity contribution is -0.128. The van der Waals surface area contributed by atoms with Crippen LogP contribution in [0.1, 0.15) is 39.5 Å². The van der Waals surface area contributed by atoms with Gasteiger partial charge in [0.25, 0.3) is 0 Å². The van der Waals surface area contributed by atoms with Crippen LogP contribution in [0.2, 0.25) is 0 Å². The molecule has 80 valence electrons. The highest BCUT2D eigenvalue weighted by Crippen LogP contribution is 2.25. The second-order valence-electron chi connectivity index (χ2n) is 4.32. The van der Waals surface area contributed by atoms with Crippen LogP contribution in [0.3, 0.4) is 0 Å². The molecule has 1 aliphatic carbocycles. The van der Waals surface area contributed by atoms with Gasteiger partial charge in [-0.2, -0.15) is 0 Å². The third-order valence-corrected chi connectivity index (χ3v) is 2.87. The number of methoxy groups -OCH3 is 1. The Balaban J connectivity index is 2.42. The average molecular weight is 196 g/mol. The number of carbonyl (C=O) groups is 1. The van der Waals surface area contributed by atoms with Gasteiger partial charge in [-0.1, -0.05) is 11.6 Å². The predicted octanol–water partition coefficient (Wildman–Crippen LogP) is 2.73. The maximum atomic E-state index is 11.7. The Labute approximate surface area is 86.3 Å². The minimum Gasteiger partial charge on any atom is -0.381 e. The topological polar surface area (TPSA) is 26.3 Å². The molecule has 0 heterocycles. The number of rotatable bonds is 3. The molecule has 2 atom stereocenters. The molecule has 1 aliphatic rings. The van der Waals surface area contributed by atoms with Gasteiger partial charge >= 0.3 is 0 Å². The Kier molecular flexibility index (Phi) is 4.33. The van der Waals surface area contributed by atoms with E-state index in [1.807, 2.05) is 0 Å². The molecule has 1 rings (SSSR count). The minimum absolute atomic E-state index is 0.172. The Bertz CT molecular complexity index is 226. The summed E-state index contributed by atoms with van der Waals surface area (Å²) in [5.41, 5.74) is 1.30. The van der Waals surface area contributed by atoms with Crippen molar-refractivity contribution in [3.05, 3.63) is 11.6 Å². The van der Waals surface area contributed by atoms with Crippen LogP contribution >= 0.6 is 0 Å². The number of carbonyl (C=O) groups excluding carboxylic acids is 1. The van der Waals surface area contributed by atoms with Crippen molar-refractivity contribution in [2.75, 3.05) is 7.11 Å². The van der Waals surface area contributed by atoms with Crippen molar-refractivity contribution in [2.45, 2.75) is 45.6 Å². The predicted molar refractivity (Wildman–Crippen MR) is 57.2 cm³/mol. The van der Waals surface area contributed by atoms with Gasteiger partial charge in [-0.25, -0.2) is 0 Å². The Morgan fingerprint density at radius 2 is 2.21 bits per heavy atom. The van der Waals surface area contributed by atoms with Crippen LogP contribution < -0.4 is 0 Å². The largest absolute Gasteiger partial charge is 0.381 e. The second-order valence-corrected chi connectivity index (χ2v) is 4.32. The van der Waals surface area contributed by atoms with E-state index in [1.165, 1.54) is 5.57 Å². The zero-order valence-corrected chi connectivity index (χ0v) is 9.38. The van der Waals surface area contributed by atoms with Crippen molar-refractivity contribution < 1.29 is 9.53 Å². The van der Waals surface area contributed by atoms with Gasteiger partial charge in [-0.05, 0) is 33.1 Å². The highest BCUT2D eigenvalue weighted by atomic mass is 16.5. The highest BCUT2D eigenvalue weighted by molar-refractivity contribution is 5.82. The van der Waals surface area contributed by atoms with Crippen molar-refractivity contribution in [3.63, 3.8) is 0 Å². The molecule has 2 nitrogen and oxygen atoms in total. The van der Waals surface area contributed by atoms with Crippen LogP contribution in [-0.4, -0.2) is 19.0 Å². The Morgan fingerprint density at radius 3 is 2.71 bits per heavy atom. The van der Waals surface area contributed by atoms with Crippen LogP contribution in [0.5, 0.6) is 0 Å². The molecule has 0 aromatic carbocycles. The van der Waals surface area contributed by atoms with Gasteiger partial charge in [-0.15, -0.1) is 0 Å². The fourth-order valence-corrected chi connectivity index (χ4v) is 1.87. The van der Waals surface area contributed by atoms with E-state index in [0.29, 0.717) is 12.2 Å². The van der Waals surface area contributed by atoms with E-state index in [1.54, 1.807) is 7.11 Å². The molecule has 14 heavy (non-hydrogen) atoms. The zero-order chi connectivity index (χ0) is 10.6. The summed E-state index contributed by atoms with van der Waals surface area (Å²) >= 11 is 0. The van der Waals surface area contributed by atoms with E-state index in [9.17, 15) is 4.79 Å². The van der Waals surface area contributed by atoms with Crippen LogP contribution in [0, 0.1) is 5.92 Å². The van der Waals surface area contributed by atoms with E-state index in [2.05, 4.69) is 19.9 Å². The first-order valence-corrected chi connectivity index (χ1v) is 5.32. The summed E-state index contributed by atoms with van der Waals surface area (Å²) < 4.78 is 5.20. The SMILES string of the molecule is CO[C@@H]1CC[C@@H](CC=C(C)C)C(=O)C1. The zero-order valence-electron chi connectivity index (χ0n) is 9.38. The molecule has 1 saturated carbocycles. The molecular formula is C12H20O2. The summed E-state index contributed by atoms with van der Waals surface area (Å²) in [6.45, 7) is 4.15. The number of Topliss-reactive ketones (excluding diaryl/α,β-unsaturated/α-hetero) is 1. The van der Waals surface area contributed by atoms with Gasteiger partial charge < -0.3 is 4.74 Å². The third-order valence-electron chi connectivity index (χ3n) is 2.87. The van der Waals surface area contributed by atoms with Crippen molar-refractivity contribution in [1.29, 1.82) is 0 Å². The van der Waals surface area contributed by atoms with E-state index in [0.717, 1.165) is 19.3 Å². The second kappa shape index (κ2) is 5.30. The van der Waals surface area contributed by atoms with E-state index in [4.69, 9.17) is 4.74 Å². The smallest absolute Gasteiger partial charge is 0.138 e. The number of hydrogen-bond acceptors (Lipinski definition) is 2. The fraction of sp³-hybridized carbons (Fsp3) is 0.750. The number of ether oxygens (including phenoxy) is 1. The maximum absolute atomic E-state index is 11.7. The molecule has 2 heteroatoms. The molecule has 0 aliphatic heterocycles. The van der Waals surface area contributed by atoms with E-state index < -0.39 is 0 Å². The summed E-state index contributed by atoms with van der Waals surface area (Å²) in [6.07, 6.45) is 5.88. The number of ketones is 1. The molecule has 0 unspecified atom stereocenters. The van der Waals surface area contributed by atoms with Crippen molar-refractivity contribution in [3.8, 4) is 0 Å². The molecule has 0 amide bonds. The van der Waals surface area contributed by atoms with Crippen LogP contribution in [0.15, 0.2) is 11.6 Å². The van der Waals surface area contributed by atoms with E-state index in [-0.39, 0.29) is 12.0 Å². The van der Waals surface area contributed by atoms with E-state index >= 15 is 0 Å². The van der Waals surface area contributed by atoms with Gasteiger partial charge in [0.2, 0.25) is 0 Å². The van der Waals surface area contributed by atoms with Gasteiger partial charge in [-0.3, -0.25) is 4.79 Å². The molecule has 0 bridgehead atoms. The van der Waals surface area contributed by atoms with Crippen LogP contribution in [0.25, 0.3) is 0 Å². The standard InChI is InChI=1S/C12H20O2/c1-9(2)4-5-10-6-7-11(14-3)8-12(10)13/h4,10-11H,5-8H2,1-3H3/t10-,11-/m1/s1. The normalized spacial score (nSPS) is 27.5. The fourth-order valence-electron chi connectivity index (χ4n) is 1.87. The molecular weight excluding hydrogens is 176 g/mol. The maximum Gasteiger partial charge on any atom is 0.138 e. The molecule has 0 N–H and O–H groups in total. The number of allylic oxidation sites excluding steroid dienone is 2. The quantitative estimate of drug-likeness (QED) is 0.649. The highest BCUT2D eigenvalue weighted by Gasteiger charge is 2.27. The van der Waals surface area contributed by atoms with Crippen molar-refractivity contribution in [2.24, 2.45) is 5.92 Å². The third kappa shape index (κ3) is 3.26. The van der Waals surface area contributed by atoms with Gasteiger partial charge in [0.15, 0.2) is 0 Å². The van der Waals surface area contributed by atoms with Crippen molar-refractivity contribution in [1.82, 2.24) is 0 Å². The average Bonchev–Trinajstić information content (AvgIpc) is 2.15. The van der Waals surface area contributed by atoms with Gasteiger partial charge in [0, 0.05) is 19.4 Å². The Morgan fingerprint density at radius 1 is 1.50 bits per heavy atom. The molecule has 1 fully saturated rings. The first-order chi connectivity index (χ1) is 6.63. The minimum atomic E-state index is 0.172. The molecule has 0 spiro atoms. The molecule has 0 aromatic heterocycles. The lowest BCUT2D eigenvalue weighted by Crippen LogP contribution is -2.28. The lowest BCUT2D eigenvalue weighted by Gasteiger charge is -2.25. The lowest BCUT2D eigenvalue weighted by atomic mass is 9.84. The molecule has 0 radical (unpaired) electrons. The summed E-state index contributed by atoms with van der Waals surface area (Å²) in [5.74, 6) is 0.622. The van der Waals surface area contributed by atoms with Gasteiger partial charge in [0.05, 0.1) is 6.10 Å². The molecule has 0 aromatic rings. The first kappa shape index (κ1) is 11.4. The van der Waals surface area contributed by atoms with Crippen LogP contribution in [-0.2, 0) is 9.53 Å². The summed E-state index contributed by atoms with van der Waals surface area (Å²) in [5, 5.41) is 0. The first-order valence-electron chi connectivity index (χ1n) is 5.32. The summed E-state index contributed by atoms with van der Waals surface area (Å²) in [6, 6.07) is 0. The van der Waals surface area contributed by atoms with Crippen molar-refractivity contribution >= 4 is 5.78 Å². The number of hydrogen-bond donors (Lipinski definition) is 0. The summed E-state index contributed by atoms with van der Waals surface area (Å²) in [4.78, 5) is 11.7. The molecule has 0 saturated heterocycles. The van der Waals surface area contributed by atoms with Crippen LogP contribution in [0.4, 0.5) is 0 Å². The monoisotopic (exact) mass is 196 g/mol. The van der Waals surface area contributed by atoms with Gasteiger partial charge in [0.1, 0.15) is 5.78 Å². The summed E-state index contributed by atoms with van der Waals surface area (Å²) in [7, 11) is 1.69. The Hall–Kier alpha value is -0.630.